The van der Waals surface area contributed by atoms with E-state index in [1.807, 2.05) is 0 Å². The van der Waals surface area contributed by atoms with Gasteiger partial charge in [-0.2, -0.15) is 0 Å². The van der Waals surface area contributed by atoms with Gasteiger partial charge in [0.2, 0.25) is 0 Å². The second kappa shape index (κ2) is 5.75. The molecule has 2 atom stereocenters. The summed E-state index contributed by atoms with van der Waals surface area (Å²) < 4.78 is 5.49. The Kier molecular flexibility index (Phi) is 4.32. The molecule has 0 amide bonds. The number of aromatic nitrogens is 1. The summed E-state index contributed by atoms with van der Waals surface area (Å²) in [6.45, 7) is 4.64. The van der Waals surface area contributed by atoms with Gasteiger partial charge in [-0.15, -0.1) is 11.3 Å². The largest absolute Gasteiger partial charge is 0.381 e. The third-order valence-corrected chi connectivity index (χ3v) is 4.04. The number of thiazole rings is 1. The minimum absolute atomic E-state index is 0.382. The second-order valence-corrected chi connectivity index (χ2v) is 5.53. The summed E-state index contributed by atoms with van der Waals surface area (Å²) in [7, 11) is 0. The summed E-state index contributed by atoms with van der Waals surface area (Å²) in [6, 6.07) is 0. The molecule has 90 valence electrons. The SMILES string of the molecule is CC(CN)c1csc(CC2CCCOC2)n1. The molecule has 1 fully saturated rings. The minimum Gasteiger partial charge on any atom is -0.381 e. The molecule has 2 unspecified atom stereocenters. The molecule has 1 aromatic heterocycles. The fourth-order valence-electron chi connectivity index (χ4n) is 1.98. The van der Waals surface area contributed by atoms with Crippen molar-refractivity contribution in [3.63, 3.8) is 0 Å². The zero-order chi connectivity index (χ0) is 11.4. The molecule has 2 rings (SSSR count). The molecule has 0 aliphatic carbocycles. The lowest BCUT2D eigenvalue weighted by atomic mass is 9.99. The topological polar surface area (TPSA) is 48.1 Å². The normalized spacial score (nSPS) is 23.2. The van der Waals surface area contributed by atoms with Gasteiger partial charge in [-0.25, -0.2) is 4.98 Å². The van der Waals surface area contributed by atoms with Crippen molar-refractivity contribution < 1.29 is 4.74 Å². The molecule has 1 saturated heterocycles. The summed E-state index contributed by atoms with van der Waals surface area (Å²) in [5.74, 6) is 1.05. The van der Waals surface area contributed by atoms with Crippen LogP contribution in [0.5, 0.6) is 0 Å². The highest BCUT2D eigenvalue weighted by atomic mass is 32.1. The molecule has 3 nitrogen and oxygen atoms in total. The van der Waals surface area contributed by atoms with E-state index in [4.69, 9.17) is 10.5 Å². The van der Waals surface area contributed by atoms with E-state index >= 15 is 0 Å². The highest BCUT2D eigenvalue weighted by molar-refractivity contribution is 7.09. The van der Waals surface area contributed by atoms with Gasteiger partial charge in [-0.05, 0) is 18.8 Å². The Balaban J connectivity index is 1.91. The molecule has 1 aromatic rings. The molecular weight excluding hydrogens is 220 g/mol. The Labute approximate surface area is 101 Å². The van der Waals surface area contributed by atoms with E-state index in [1.54, 1.807) is 11.3 Å². The maximum Gasteiger partial charge on any atom is 0.0932 e. The van der Waals surface area contributed by atoms with Crippen LogP contribution in [0.25, 0.3) is 0 Å². The third kappa shape index (κ3) is 3.03. The van der Waals surface area contributed by atoms with E-state index in [2.05, 4.69) is 17.3 Å². The highest BCUT2D eigenvalue weighted by Gasteiger charge is 2.17. The molecule has 1 aliphatic rings. The molecule has 2 heterocycles. The Hall–Kier alpha value is -0.450. The van der Waals surface area contributed by atoms with Crippen LogP contribution in [0.3, 0.4) is 0 Å². The first kappa shape index (κ1) is 12.0. The predicted molar refractivity (Wildman–Crippen MR) is 66.8 cm³/mol. The van der Waals surface area contributed by atoms with Crippen molar-refractivity contribution in [2.75, 3.05) is 19.8 Å². The molecule has 1 aliphatic heterocycles. The van der Waals surface area contributed by atoms with E-state index in [0.717, 1.165) is 25.3 Å². The molecule has 0 saturated carbocycles. The van der Waals surface area contributed by atoms with Gasteiger partial charge < -0.3 is 10.5 Å². The van der Waals surface area contributed by atoms with Crippen LogP contribution in [0.2, 0.25) is 0 Å². The first-order chi connectivity index (χ1) is 7.79. The van der Waals surface area contributed by atoms with Crippen LogP contribution in [0.4, 0.5) is 0 Å². The number of hydrogen-bond donors (Lipinski definition) is 1. The Morgan fingerprint density at radius 3 is 3.25 bits per heavy atom. The Morgan fingerprint density at radius 1 is 1.69 bits per heavy atom. The molecule has 4 heteroatoms. The summed E-state index contributed by atoms with van der Waals surface area (Å²) in [6.07, 6.45) is 3.55. The fourth-order valence-corrected chi connectivity index (χ4v) is 3.01. The van der Waals surface area contributed by atoms with Crippen molar-refractivity contribution in [2.24, 2.45) is 11.7 Å². The van der Waals surface area contributed by atoms with Gasteiger partial charge in [-0.3, -0.25) is 0 Å². The molecular formula is C12H20N2OS. The molecule has 0 bridgehead atoms. The average Bonchev–Trinajstić information content (AvgIpc) is 2.78. The van der Waals surface area contributed by atoms with Gasteiger partial charge in [0.15, 0.2) is 0 Å². The van der Waals surface area contributed by atoms with Gasteiger partial charge >= 0.3 is 0 Å². The molecule has 16 heavy (non-hydrogen) atoms. The summed E-state index contributed by atoms with van der Waals surface area (Å²) >= 11 is 1.76. The van der Waals surface area contributed by atoms with Crippen molar-refractivity contribution in [1.29, 1.82) is 0 Å². The third-order valence-electron chi connectivity index (χ3n) is 3.15. The van der Waals surface area contributed by atoms with Crippen molar-refractivity contribution >= 4 is 11.3 Å². The van der Waals surface area contributed by atoms with Crippen LogP contribution in [0.15, 0.2) is 5.38 Å². The van der Waals surface area contributed by atoms with Gasteiger partial charge in [0.1, 0.15) is 0 Å². The van der Waals surface area contributed by atoms with Crippen molar-refractivity contribution in [3.05, 3.63) is 16.1 Å². The lowest BCUT2D eigenvalue weighted by Gasteiger charge is -2.20. The number of nitrogens with zero attached hydrogens (tertiary/aromatic N) is 1. The first-order valence-corrected chi connectivity index (χ1v) is 6.89. The maximum atomic E-state index is 5.64. The van der Waals surface area contributed by atoms with Gasteiger partial charge in [0, 0.05) is 37.5 Å². The van der Waals surface area contributed by atoms with Crippen LogP contribution < -0.4 is 5.73 Å². The van der Waals surface area contributed by atoms with E-state index in [9.17, 15) is 0 Å². The molecule has 0 spiro atoms. The standard InChI is InChI=1S/C12H20N2OS/c1-9(6-13)11-8-16-12(14-11)5-10-3-2-4-15-7-10/h8-10H,2-7,13H2,1H3. The van der Waals surface area contributed by atoms with E-state index in [1.165, 1.54) is 17.8 Å². The summed E-state index contributed by atoms with van der Waals surface area (Å²) in [5, 5.41) is 3.39. The number of hydrogen-bond acceptors (Lipinski definition) is 4. The van der Waals surface area contributed by atoms with Crippen molar-refractivity contribution in [3.8, 4) is 0 Å². The monoisotopic (exact) mass is 240 g/mol. The van der Waals surface area contributed by atoms with E-state index in [-0.39, 0.29) is 0 Å². The summed E-state index contributed by atoms with van der Waals surface area (Å²) in [5.41, 5.74) is 6.79. The van der Waals surface area contributed by atoms with Crippen LogP contribution >= 0.6 is 11.3 Å². The van der Waals surface area contributed by atoms with Gasteiger partial charge in [0.25, 0.3) is 0 Å². The zero-order valence-corrected chi connectivity index (χ0v) is 10.6. The lowest BCUT2D eigenvalue weighted by Crippen LogP contribution is -2.19. The van der Waals surface area contributed by atoms with Crippen molar-refractivity contribution in [1.82, 2.24) is 4.98 Å². The molecule has 2 N–H and O–H groups in total. The maximum absolute atomic E-state index is 5.64. The fraction of sp³-hybridized carbons (Fsp3) is 0.750. The van der Waals surface area contributed by atoms with Gasteiger partial charge in [-0.1, -0.05) is 6.92 Å². The Bertz CT molecular complexity index is 321. The zero-order valence-electron chi connectivity index (χ0n) is 9.82. The predicted octanol–water partition coefficient (Wildman–Crippen LogP) is 2.17. The quantitative estimate of drug-likeness (QED) is 0.877. The smallest absolute Gasteiger partial charge is 0.0932 e. The van der Waals surface area contributed by atoms with Crippen LogP contribution in [0, 0.1) is 5.92 Å². The highest BCUT2D eigenvalue weighted by Crippen LogP contribution is 2.23. The lowest BCUT2D eigenvalue weighted by molar-refractivity contribution is 0.0550. The van der Waals surface area contributed by atoms with Crippen LogP contribution in [-0.2, 0) is 11.2 Å². The summed E-state index contributed by atoms with van der Waals surface area (Å²) in [4.78, 5) is 4.66. The number of nitrogens with two attached hydrogens (primary N) is 1. The minimum atomic E-state index is 0.382. The number of ether oxygens (including phenoxy) is 1. The molecule has 0 radical (unpaired) electrons. The first-order valence-electron chi connectivity index (χ1n) is 6.01. The van der Waals surface area contributed by atoms with Gasteiger partial charge in [0.05, 0.1) is 10.7 Å². The second-order valence-electron chi connectivity index (χ2n) is 4.59. The molecule has 0 aromatic carbocycles. The Morgan fingerprint density at radius 2 is 2.56 bits per heavy atom. The van der Waals surface area contributed by atoms with Crippen LogP contribution in [-0.4, -0.2) is 24.7 Å². The van der Waals surface area contributed by atoms with Crippen LogP contribution in [0.1, 0.15) is 36.4 Å². The van der Waals surface area contributed by atoms with E-state index < -0.39 is 0 Å². The van der Waals surface area contributed by atoms with Crippen molar-refractivity contribution in [2.45, 2.75) is 32.1 Å². The number of rotatable bonds is 4. The van der Waals surface area contributed by atoms with E-state index in [0.29, 0.717) is 18.4 Å². The average molecular weight is 240 g/mol.